The maximum Gasteiger partial charge on any atom is 0.255 e. The van der Waals surface area contributed by atoms with Crippen molar-refractivity contribution in [2.75, 3.05) is 31.1 Å². The van der Waals surface area contributed by atoms with Crippen molar-refractivity contribution in [1.82, 2.24) is 10.3 Å². The molecule has 1 amide bonds. The van der Waals surface area contributed by atoms with Crippen LogP contribution in [0.2, 0.25) is 0 Å². The maximum atomic E-state index is 12.5. The third kappa shape index (κ3) is 4.50. The van der Waals surface area contributed by atoms with Gasteiger partial charge >= 0.3 is 0 Å². The van der Waals surface area contributed by atoms with E-state index in [0.717, 1.165) is 31.7 Å². The number of nitrogens with zero attached hydrogens (tertiary/aromatic N) is 2. The van der Waals surface area contributed by atoms with Crippen LogP contribution in [-0.4, -0.2) is 37.1 Å². The molecule has 0 atom stereocenters. The summed E-state index contributed by atoms with van der Waals surface area (Å²) in [6, 6.07) is 13.4. The van der Waals surface area contributed by atoms with Crippen molar-refractivity contribution in [3.05, 3.63) is 54.2 Å². The molecule has 0 radical (unpaired) electrons. The highest BCUT2D eigenvalue weighted by atomic mass is 16.5. The number of ether oxygens (including phenoxy) is 1. The Morgan fingerprint density at radius 3 is 2.68 bits per heavy atom. The highest BCUT2D eigenvalue weighted by molar-refractivity contribution is 5.96. The van der Waals surface area contributed by atoms with E-state index in [2.05, 4.69) is 15.2 Å². The van der Waals surface area contributed by atoms with Crippen LogP contribution in [0.1, 0.15) is 30.1 Å². The van der Waals surface area contributed by atoms with Crippen molar-refractivity contribution in [3.63, 3.8) is 0 Å². The first kappa shape index (κ1) is 17.3. The Morgan fingerprint density at radius 2 is 1.96 bits per heavy atom. The van der Waals surface area contributed by atoms with Gasteiger partial charge in [0.1, 0.15) is 11.6 Å². The van der Waals surface area contributed by atoms with Crippen molar-refractivity contribution in [3.8, 4) is 5.75 Å². The second-order valence-electron chi connectivity index (χ2n) is 6.26. The summed E-state index contributed by atoms with van der Waals surface area (Å²) < 4.78 is 5.54. The lowest BCUT2D eigenvalue weighted by Crippen LogP contribution is -2.39. The fourth-order valence-electron chi connectivity index (χ4n) is 3.17. The molecule has 0 saturated carbocycles. The largest absolute Gasteiger partial charge is 0.493 e. The van der Waals surface area contributed by atoms with Crippen LogP contribution < -0.4 is 15.0 Å². The van der Waals surface area contributed by atoms with Gasteiger partial charge in [0, 0.05) is 25.8 Å². The second kappa shape index (κ2) is 8.51. The van der Waals surface area contributed by atoms with Crippen molar-refractivity contribution >= 4 is 11.7 Å². The van der Waals surface area contributed by atoms with E-state index in [4.69, 9.17) is 4.74 Å². The third-order valence-electron chi connectivity index (χ3n) is 4.57. The Labute approximate surface area is 149 Å². The SMILES string of the molecule is CCOc1ccccc1C(=O)NCC1CCN(c2ccccn2)CC1. The number of nitrogens with one attached hydrogen (secondary N) is 1. The van der Waals surface area contributed by atoms with Gasteiger partial charge in [0.25, 0.3) is 5.91 Å². The minimum Gasteiger partial charge on any atom is -0.493 e. The van der Waals surface area contributed by atoms with Crippen LogP contribution in [0.5, 0.6) is 5.75 Å². The quantitative estimate of drug-likeness (QED) is 0.878. The van der Waals surface area contributed by atoms with Gasteiger partial charge in [0.15, 0.2) is 0 Å². The Morgan fingerprint density at radius 1 is 1.20 bits per heavy atom. The highest BCUT2D eigenvalue weighted by Gasteiger charge is 2.21. The molecule has 3 rings (SSSR count). The molecule has 1 aromatic heterocycles. The molecule has 5 nitrogen and oxygen atoms in total. The Balaban J connectivity index is 1.49. The second-order valence-corrected chi connectivity index (χ2v) is 6.26. The van der Waals surface area contributed by atoms with E-state index >= 15 is 0 Å². The van der Waals surface area contributed by atoms with Gasteiger partial charge in [-0.15, -0.1) is 0 Å². The molecule has 1 fully saturated rings. The van der Waals surface area contributed by atoms with Crippen LogP contribution in [0.4, 0.5) is 5.82 Å². The number of rotatable bonds is 6. The molecule has 132 valence electrons. The summed E-state index contributed by atoms with van der Waals surface area (Å²) in [4.78, 5) is 19.2. The van der Waals surface area contributed by atoms with Crippen LogP contribution in [0.15, 0.2) is 48.7 Å². The molecule has 0 spiro atoms. The fourth-order valence-corrected chi connectivity index (χ4v) is 3.17. The van der Waals surface area contributed by atoms with Crippen LogP contribution in [0.25, 0.3) is 0 Å². The van der Waals surface area contributed by atoms with Crippen LogP contribution in [0, 0.1) is 5.92 Å². The number of carbonyl (C=O) groups is 1. The lowest BCUT2D eigenvalue weighted by atomic mass is 9.96. The van der Waals surface area contributed by atoms with Gasteiger partial charge < -0.3 is 15.0 Å². The summed E-state index contributed by atoms with van der Waals surface area (Å²) >= 11 is 0. The number of carbonyl (C=O) groups excluding carboxylic acids is 1. The zero-order valence-electron chi connectivity index (χ0n) is 14.6. The fraction of sp³-hybridized carbons (Fsp3) is 0.400. The molecule has 1 aliphatic rings. The molecule has 0 bridgehead atoms. The summed E-state index contributed by atoms with van der Waals surface area (Å²) in [5, 5.41) is 3.07. The van der Waals surface area contributed by atoms with E-state index in [-0.39, 0.29) is 5.91 Å². The van der Waals surface area contributed by atoms with Gasteiger partial charge in [-0.25, -0.2) is 4.98 Å². The number of para-hydroxylation sites is 1. The van der Waals surface area contributed by atoms with Crippen molar-refractivity contribution in [1.29, 1.82) is 0 Å². The van der Waals surface area contributed by atoms with Gasteiger partial charge in [-0.05, 0) is 49.9 Å². The van der Waals surface area contributed by atoms with Gasteiger partial charge in [0.2, 0.25) is 0 Å². The molecular formula is C20H25N3O2. The van der Waals surface area contributed by atoms with Crippen LogP contribution in [-0.2, 0) is 0 Å². The first-order valence-electron chi connectivity index (χ1n) is 8.94. The van der Waals surface area contributed by atoms with Crippen LogP contribution >= 0.6 is 0 Å². The first-order valence-corrected chi connectivity index (χ1v) is 8.94. The van der Waals surface area contributed by atoms with Crippen LogP contribution in [0.3, 0.4) is 0 Å². The standard InChI is InChI=1S/C20H25N3O2/c1-2-25-18-8-4-3-7-17(18)20(24)22-15-16-10-13-23(14-11-16)19-9-5-6-12-21-19/h3-9,12,16H,2,10-11,13-15H2,1H3,(H,22,24). The minimum atomic E-state index is -0.0591. The van der Waals surface area contributed by atoms with E-state index in [1.165, 1.54) is 0 Å². The molecule has 0 unspecified atom stereocenters. The number of anilines is 1. The average Bonchev–Trinajstić information content (AvgIpc) is 2.68. The van der Waals surface area contributed by atoms with Crippen molar-refractivity contribution in [2.45, 2.75) is 19.8 Å². The van der Waals surface area contributed by atoms with Gasteiger partial charge in [0.05, 0.1) is 12.2 Å². The van der Waals surface area contributed by atoms with E-state index < -0.39 is 0 Å². The number of amides is 1. The predicted octanol–water partition coefficient (Wildman–Crippen LogP) is 3.13. The predicted molar refractivity (Wildman–Crippen MR) is 99.1 cm³/mol. The van der Waals surface area contributed by atoms with E-state index in [1.807, 2.05) is 55.6 Å². The molecule has 5 heteroatoms. The minimum absolute atomic E-state index is 0.0591. The summed E-state index contributed by atoms with van der Waals surface area (Å²) in [5.74, 6) is 2.13. The zero-order chi connectivity index (χ0) is 17.5. The molecule has 25 heavy (non-hydrogen) atoms. The van der Waals surface area contributed by atoms with E-state index in [9.17, 15) is 4.79 Å². The number of pyridine rings is 1. The topological polar surface area (TPSA) is 54.5 Å². The van der Waals surface area contributed by atoms with Gasteiger partial charge in [-0.2, -0.15) is 0 Å². The number of benzene rings is 1. The van der Waals surface area contributed by atoms with Gasteiger partial charge in [-0.1, -0.05) is 18.2 Å². The Bertz CT molecular complexity index is 682. The Hall–Kier alpha value is -2.56. The normalized spacial score (nSPS) is 15.0. The number of aromatic nitrogens is 1. The lowest BCUT2D eigenvalue weighted by Gasteiger charge is -2.32. The zero-order valence-corrected chi connectivity index (χ0v) is 14.6. The molecular weight excluding hydrogens is 314 g/mol. The summed E-state index contributed by atoms with van der Waals surface area (Å²) in [6.07, 6.45) is 3.95. The first-order chi connectivity index (χ1) is 12.3. The molecule has 1 aliphatic heterocycles. The number of hydrogen-bond donors (Lipinski definition) is 1. The molecule has 2 heterocycles. The maximum absolute atomic E-state index is 12.5. The average molecular weight is 339 g/mol. The summed E-state index contributed by atoms with van der Waals surface area (Å²) in [6.45, 7) is 5.13. The third-order valence-corrected chi connectivity index (χ3v) is 4.57. The highest BCUT2D eigenvalue weighted by Crippen LogP contribution is 2.22. The van der Waals surface area contributed by atoms with Crippen molar-refractivity contribution < 1.29 is 9.53 Å². The van der Waals surface area contributed by atoms with E-state index in [0.29, 0.717) is 30.4 Å². The Kier molecular flexibility index (Phi) is 5.88. The summed E-state index contributed by atoms with van der Waals surface area (Å²) in [5.41, 5.74) is 0.607. The lowest BCUT2D eigenvalue weighted by molar-refractivity contribution is 0.0941. The van der Waals surface area contributed by atoms with Gasteiger partial charge in [-0.3, -0.25) is 4.79 Å². The molecule has 1 aromatic carbocycles. The smallest absolute Gasteiger partial charge is 0.255 e. The summed E-state index contributed by atoms with van der Waals surface area (Å²) in [7, 11) is 0. The molecule has 0 aliphatic carbocycles. The van der Waals surface area contributed by atoms with Crippen molar-refractivity contribution in [2.24, 2.45) is 5.92 Å². The number of hydrogen-bond acceptors (Lipinski definition) is 4. The number of piperidine rings is 1. The molecule has 1 N–H and O–H groups in total. The molecule has 2 aromatic rings. The molecule has 1 saturated heterocycles. The van der Waals surface area contributed by atoms with E-state index in [1.54, 1.807) is 0 Å². The monoisotopic (exact) mass is 339 g/mol.